The van der Waals surface area contributed by atoms with Crippen molar-refractivity contribution < 1.29 is 24.5 Å². The minimum absolute atomic E-state index is 0.0604. The van der Waals surface area contributed by atoms with Gasteiger partial charge in [0.25, 0.3) is 0 Å². The topological polar surface area (TPSA) is 111 Å². The molecule has 1 fully saturated rings. The van der Waals surface area contributed by atoms with E-state index < -0.39 is 18.0 Å². The SMILES string of the molecule is COCC1=NCC(C2=C(C(=O)O)N3C(=O)[C@H]([C@@H](C)O)[C@H]3C2)CN1. The number of aliphatic imine (C=N–C) groups is 1. The zero-order valence-electron chi connectivity index (χ0n) is 13.2. The Bertz CT molecular complexity index is 598. The van der Waals surface area contributed by atoms with Crippen LogP contribution in [0.5, 0.6) is 0 Å². The Morgan fingerprint density at radius 1 is 1.57 bits per heavy atom. The van der Waals surface area contributed by atoms with E-state index in [1.165, 1.54) is 4.90 Å². The van der Waals surface area contributed by atoms with Crippen LogP contribution in [-0.2, 0) is 14.3 Å². The molecular formula is C15H21N3O5. The molecule has 126 valence electrons. The van der Waals surface area contributed by atoms with Crippen LogP contribution in [0.25, 0.3) is 0 Å². The molecule has 0 aromatic rings. The van der Waals surface area contributed by atoms with E-state index in [-0.39, 0.29) is 23.6 Å². The van der Waals surface area contributed by atoms with Crippen LogP contribution in [0.1, 0.15) is 13.3 Å². The Morgan fingerprint density at radius 3 is 2.83 bits per heavy atom. The summed E-state index contributed by atoms with van der Waals surface area (Å²) >= 11 is 0. The number of carboxylic acids is 1. The maximum absolute atomic E-state index is 12.2. The van der Waals surface area contributed by atoms with Crippen molar-refractivity contribution in [1.29, 1.82) is 0 Å². The molecule has 0 aromatic heterocycles. The molecule has 3 rings (SSSR count). The molecular weight excluding hydrogens is 302 g/mol. The largest absolute Gasteiger partial charge is 0.477 e. The third-order valence-electron chi connectivity index (χ3n) is 4.79. The predicted molar refractivity (Wildman–Crippen MR) is 80.8 cm³/mol. The Hall–Kier alpha value is -1.93. The third-order valence-corrected chi connectivity index (χ3v) is 4.79. The van der Waals surface area contributed by atoms with Crippen molar-refractivity contribution in [3.8, 4) is 0 Å². The summed E-state index contributed by atoms with van der Waals surface area (Å²) in [5, 5.41) is 22.4. The Balaban J connectivity index is 1.82. The van der Waals surface area contributed by atoms with E-state index in [4.69, 9.17) is 4.74 Å². The second kappa shape index (κ2) is 5.93. The van der Waals surface area contributed by atoms with Gasteiger partial charge in [-0.25, -0.2) is 4.79 Å². The summed E-state index contributed by atoms with van der Waals surface area (Å²) in [6, 6.07) is -0.243. The number of hydrogen-bond donors (Lipinski definition) is 3. The number of amides is 1. The highest BCUT2D eigenvalue weighted by Crippen LogP contribution is 2.45. The van der Waals surface area contributed by atoms with Crippen LogP contribution >= 0.6 is 0 Å². The molecule has 3 N–H and O–H groups in total. The molecule has 23 heavy (non-hydrogen) atoms. The minimum atomic E-state index is -1.09. The molecule has 0 aliphatic carbocycles. The van der Waals surface area contributed by atoms with Crippen molar-refractivity contribution in [2.75, 3.05) is 26.8 Å². The second-order valence-corrected chi connectivity index (χ2v) is 6.22. The first-order valence-electron chi connectivity index (χ1n) is 7.69. The molecule has 8 nitrogen and oxygen atoms in total. The maximum atomic E-state index is 12.2. The number of nitrogens with zero attached hydrogens (tertiary/aromatic N) is 2. The fraction of sp³-hybridized carbons (Fsp3) is 0.667. The lowest BCUT2D eigenvalue weighted by atomic mass is 9.82. The van der Waals surface area contributed by atoms with E-state index in [2.05, 4.69) is 10.3 Å². The molecule has 3 aliphatic heterocycles. The van der Waals surface area contributed by atoms with Crippen molar-refractivity contribution in [2.45, 2.75) is 25.5 Å². The molecule has 8 heteroatoms. The molecule has 3 heterocycles. The standard InChI is InChI=1S/C15H21N3O5/c1-7(19)12-10-3-9(13(15(21)22)18(10)14(12)20)8-4-16-11(6-23-2)17-5-8/h7-8,10,12,19H,3-6H2,1-2H3,(H,16,17)(H,21,22)/t7-,10-,12-/m1/s1. The number of aliphatic hydroxyl groups excluding tert-OH is 1. The molecule has 0 saturated carbocycles. The van der Waals surface area contributed by atoms with E-state index in [0.717, 1.165) is 11.4 Å². The first-order chi connectivity index (χ1) is 11.0. The Labute approximate surface area is 133 Å². The number of ether oxygens (including phenoxy) is 1. The number of amidine groups is 1. The van der Waals surface area contributed by atoms with Crippen LogP contribution in [0, 0.1) is 11.8 Å². The number of carboxylic acid groups (broad SMARTS) is 1. The van der Waals surface area contributed by atoms with Crippen molar-refractivity contribution >= 4 is 17.7 Å². The van der Waals surface area contributed by atoms with Gasteiger partial charge in [-0.2, -0.15) is 0 Å². The molecule has 0 spiro atoms. The van der Waals surface area contributed by atoms with Gasteiger partial charge in [0.15, 0.2) is 0 Å². The molecule has 1 unspecified atom stereocenters. The van der Waals surface area contributed by atoms with E-state index in [1.54, 1.807) is 14.0 Å². The van der Waals surface area contributed by atoms with Gasteiger partial charge in [-0.1, -0.05) is 0 Å². The number of rotatable bonds is 5. The van der Waals surface area contributed by atoms with Crippen LogP contribution in [0.3, 0.4) is 0 Å². The second-order valence-electron chi connectivity index (χ2n) is 6.22. The highest BCUT2D eigenvalue weighted by Gasteiger charge is 2.57. The summed E-state index contributed by atoms with van der Waals surface area (Å²) in [4.78, 5) is 29.5. The normalized spacial score (nSPS) is 31.3. The van der Waals surface area contributed by atoms with Crippen molar-refractivity contribution in [3.05, 3.63) is 11.3 Å². The van der Waals surface area contributed by atoms with Gasteiger partial charge in [-0.15, -0.1) is 0 Å². The highest BCUT2D eigenvalue weighted by atomic mass is 16.5. The fourth-order valence-electron chi connectivity index (χ4n) is 3.71. The summed E-state index contributed by atoms with van der Waals surface area (Å²) in [6.45, 7) is 3.02. The lowest BCUT2D eigenvalue weighted by Crippen LogP contribution is -2.61. The number of β-lactam (4-membered cyclic amide) rings is 1. The number of methoxy groups -OCH3 is 1. The third kappa shape index (κ3) is 2.51. The van der Waals surface area contributed by atoms with Gasteiger partial charge in [0.2, 0.25) is 5.91 Å². The van der Waals surface area contributed by atoms with Crippen molar-refractivity contribution in [3.63, 3.8) is 0 Å². The lowest BCUT2D eigenvalue weighted by Gasteiger charge is -2.44. The maximum Gasteiger partial charge on any atom is 0.352 e. The summed E-state index contributed by atoms with van der Waals surface area (Å²) in [6.07, 6.45) is -0.279. The monoisotopic (exact) mass is 323 g/mol. The van der Waals surface area contributed by atoms with E-state index in [1.807, 2.05) is 0 Å². The fourth-order valence-corrected chi connectivity index (χ4v) is 3.71. The molecule has 3 aliphatic rings. The van der Waals surface area contributed by atoms with Crippen molar-refractivity contribution in [1.82, 2.24) is 10.2 Å². The Kier molecular flexibility index (Phi) is 4.11. The van der Waals surface area contributed by atoms with Crippen molar-refractivity contribution in [2.24, 2.45) is 16.8 Å². The quantitative estimate of drug-likeness (QED) is 0.571. The van der Waals surface area contributed by atoms with E-state index >= 15 is 0 Å². The van der Waals surface area contributed by atoms with Crippen LogP contribution in [0.15, 0.2) is 16.3 Å². The summed E-state index contributed by atoms with van der Waals surface area (Å²) < 4.78 is 5.02. The number of aliphatic carboxylic acids is 1. The smallest absolute Gasteiger partial charge is 0.352 e. The molecule has 1 saturated heterocycles. The van der Waals surface area contributed by atoms with Gasteiger partial charge in [0.05, 0.1) is 18.1 Å². The van der Waals surface area contributed by atoms with Gasteiger partial charge >= 0.3 is 5.97 Å². The van der Waals surface area contributed by atoms with Gasteiger partial charge in [-0.3, -0.25) is 9.79 Å². The van der Waals surface area contributed by atoms with Crippen LogP contribution in [0.2, 0.25) is 0 Å². The van der Waals surface area contributed by atoms with Crippen LogP contribution < -0.4 is 5.32 Å². The number of carbonyl (C=O) groups excluding carboxylic acids is 1. The predicted octanol–water partition coefficient (Wildman–Crippen LogP) is -0.799. The van der Waals surface area contributed by atoms with Crippen LogP contribution in [-0.4, -0.2) is 71.8 Å². The van der Waals surface area contributed by atoms with Gasteiger partial charge in [0, 0.05) is 26.1 Å². The number of carbonyl (C=O) groups is 2. The average molecular weight is 323 g/mol. The highest BCUT2D eigenvalue weighted by molar-refractivity contribution is 5.99. The number of hydrogen-bond acceptors (Lipinski definition) is 6. The number of fused-ring (bicyclic) bond motifs is 1. The molecule has 1 amide bonds. The molecule has 0 aromatic carbocycles. The van der Waals surface area contributed by atoms with Crippen LogP contribution in [0.4, 0.5) is 0 Å². The minimum Gasteiger partial charge on any atom is -0.477 e. The zero-order chi connectivity index (χ0) is 16.7. The van der Waals surface area contributed by atoms with E-state index in [0.29, 0.717) is 26.1 Å². The summed E-state index contributed by atoms with van der Waals surface area (Å²) in [5.74, 6) is -1.21. The Morgan fingerprint density at radius 2 is 2.30 bits per heavy atom. The molecule has 0 bridgehead atoms. The van der Waals surface area contributed by atoms with Gasteiger partial charge < -0.3 is 25.2 Å². The first kappa shape index (κ1) is 15.9. The van der Waals surface area contributed by atoms with Gasteiger partial charge in [-0.05, 0) is 18.9 Å². The van der Waals surface area contributed by atoms with Gasteiger partial charge in [0.1, 0.15) is 18.1 Å². The lowest BCUT2D eigenvalue weighted by molar-refractivity contribution is -0.161. The molecule has 4 atom stereocenters. The number of nitrogens with one attached hydrogen (secondary N) is 1. The van der Waals surface area contributed by atoms with E-state index in [9.17, 15) is 19.8 Å². The average Bonchev–Trinajstić information content (AvgIpc) is 2.83. The molecule has 0 radical (unpaired) electrons. The first-order valence-corrected chi connectivity index (χ1v) is 7.69. The number of aliphatic hydroxyl groups is 1. The summed E-state index contributed by atoms with van der Waals surface area (Å²) in [7, 11) is 1.59. The zero-order valence-corrected chi connectivity index (χ0v) is 13.2. The summed E-state index contributed by atoms with van der Waals surface area (Å²) in [5.41, 5.74) is 0.820.